The van der Waals surface area contributed by atoms with Gasteiger partial charge in [-0.2, -0.15) is 5.10 Å². The maximum atomic E-state index is 12.0. The van der Waals surface area contributed by atoms with E-state index in [9.17, 15) is 15.0 Å². The van der Waals surface area contributed by atoms with E-state index in [0.29, 0.717) is 12.4 Å². The normalized spacial score (nSPS) is 10.8. The predicted octanol–water partition coefficient (Wildman–Crippen LogP) is 3.75. The van der Waals surface area contributed by atoms with Crippen LogP contribution in [0.25, 0.3) is 0 Å². The second-order valence-electron chi connectivity index (χ2n) is 6.19. The molecule has 1 amide bonds. The van der Waals surface area contributed by atoms with Crippen molar-refractivity contribution in [3.05, 3.63) is 89.0 Å². The number of amides is 1. The van der Waals surface area contributed by atoms with Crippen molar-refractivity contribution in [2.24, 2.45) is 5.10 Å². The van der Waals surface area contributed by atoms with E-state index in [1.54, 1.807) is 6.07 Å². The molecule has 3 N–H and O–H groups in total. The first-order valence-electron chi connectivity index (χ1n) is 8.65. The van der Waals surface area contributed by atoms with Crippen LogP contribution in [0.15, 0.2) is 71.8 Å². The maximum absolute atomic E-state index is 12.0. The van der Waals surface area contributed by atoms with Crippen LogP contribution in [0.1, 0.15) is 27.0 Å². The number of hydrogen-bond donors (Lipinski definition) is 3. The number of ether oxygens (including phenoxy) is 1. The van der Waals surface area contributed by atoms with Crippen LogP contribution in [0, 0.1) is 6.92 Å². The lowest BCUT2D eigenvalue weighted by Crippen LogP contribution is -2.17. The lowest BCUT2D eigenvalue weighted by molar-refractivity contribution is 0.0952. The number of phenols is 2. The standard InChI is InChI=1S/C22H20N2O4/c1-15-5-2-3-7-17(15)14-28-19-8-4-6-16(11-19)13-23-24-22(27)20-12-18(25)9-10-21(20)26/h2-13,25-26H,14H2,1H3,(H,24,27). The van der Waals surface area contributed by atoms with Gasteiger partial charge in [-0.3, -0.25) is 4.79 Å². The van der Waals surface area contributed by atoms with Gasteiger partial charge >= 0.3 is 0 Å². The minimum Gasteiger partial charge on any atom is -0.508 e. The Morgan fingerprint density at radius 3 is 2.71 bits per heavy atom. The number of phenolic OH excluding ortho intramolecular Hbond substituents is 2. The number of carbonyl (C=O) groups is 1. The first kappa shape index (κ1) is 19.0. The molecule has 0 aliphatic carbocycles. The Bertz CT molecular complexity index is 1010. The van der Waals surface area contributed by atoms with Gasteiger partial charge in [0.05, 0.1) is 11.8 Å². The molecular weight excluding hydrogens is 356 g/mol. The number of hydrogen-bond acceptors (Lipinski definition) is 5. The monoisotopic (exact) mass is 376 g/mol. The minimum atomic E-state index is -0.628. The minimum absolute atomic E-state index is 0.0625. The van der Waals surface area contributed by atoms with Gasteiger partial charge in [0.25, 0.3) is 5.91 Å². The fraction of sp³-hybridized carbons (Fsp3) is 0.0909. The number of aromatic hydroxyl groups is 2. The van der Waals surface area contributed by atoms with Crippen LogP contribution in [0.4, 0.5) is 0 Å². The van der Waals surface area contributed by atoms with Crippen LogP contribution < -0.4 is 10.2 Å². The van der Waals surface area contributed by atoms with Crippen LogP contribution in [0.5, 0.6) is 17.2 Å². The zero-order chi connectivity index (χ0) is 19.9. The fourth-order valence-corrected chi connectivity index (χ4v) is 2.55. The van der Waals surface area contributed by atoms with Gasteiger partial charge in [-0.15, -0.1) is 0 Å². The lowest BCUT2D eigenvalue weighted by Gasteiger charge is -2.09. The summed E-state index contributed by atoms with van der Waals surface area (Å²) < 4.78 is 5.83. The summed E-state index contributed by atoms with van der Waals surface area (Å²) in [6.07, 6.45) is 1.47. The van der Waals surface area contributed by atoms with E-state index in [1.165, 1.54) is 24.4 Å². The first-order valence-corrected chi connectivity index (χ1v) is 8.65. The average molecular weight is 376 g/mol. The summed E-state index contributed by atoms with van der Waals surface area (Å²) >= 11 is 0. The predicted molar refractivity (Wildman–Crippen MR) is 107 cm³/mol. The molecular formula is C22H20N2O4. The smallest absolute Gasteiger partial charge is 0.275 e. The Balaban J connectivity index is 1.61. The highest BCUT2D eigenvalue weighted by molar-refractivity contribution is 5.97. The first-order chi connectivity index (χ1) is 13.5. The summed E-state index contributed by atoms with van der Waals surface area (Å²) in [6, 6.07) is 19.0. The van der Waals surface area contributed by atoms with E-state index in [2.05, 4.69) is 10.5 Å². The van der Waals surface area contributed by atoms with Crippen LogP contribution >= 0.6 is 0 Å². The second-order valence-corrected chi connectivity index (χ2v) is 6.19. The summed E-state index contributed by atoms with van der Waals surface area (Å²) in [5, 5.41) is 23.0. The van der Waals surface area contributed by atoms with Gasteiger partial charge in [0.15, 0.2) is 0 Å². The quantitative estimate of drug-likeness (QED) is 0.347. The van der Waals surface area contributed by atoms with Crippen molar-refractivity contribution in [1.29, 1.82) is 0 Å². The van der Waals surface area contributed by atoms with E-state index in [0.717, 1.165) is 16.7 Å². The van der Waals surface area contributed by atoms with Crippen molar-refractivity contribution in [2.45, 2.75) is 13.5 Å². The van der Waals surface area contributed by atoms with Crippen molar-refractivity contribution in [3.63, 3.8) is 0 Å². The lowest BCUT2D eigenvalue weighted by atomic mass is 10.1. The maximum Gasteiger partial charge on any atom is 0.275 e. The molecule has 0 saturated heterocycles. The Labute approximate surface area is 162 Å². The molecule has 0 radical (unpaired) electrons. The number of carbonyl (C=O) groups excluding carboxylic acids is 1. The molecule has 0 atom stereocenters. The van der Waals surface area contributed by atoms with Crippen LogP contribution in [-0.2, 0) is 6.61 Å². The number of hydrazone groups is 1. The third-order valence-electron chi connectivity index (χ3n) is 4.12. The molecule has 0 unspecified atom stereocenters. The molecule has 6 nitrogen and oxygen atoms in total. The number of rotatable bonds is 6. The summed E-state index contributed by atoms with van der Waals surface area (Å²) in [5.74, 6) is -0.303. The van der Waals surface area contributed by atoms with Crippen molar-refractivity contribution in [2.75, 3.05) is 0 Å². The highest BCUT2D eigenvalue weighted by Crippen LogP contribution is 2.21. The molecule has 3 aromatic rings. The number of nitrogens with zero attached hydrogens (tertiary/aromatic N) is 1. The molecule has 0 saturated carbocycles. The third kappa shape index (κ3) is 4.88. The summed E-state index contributed by atoms with van der Waals surface area (Å²) in [7, 11) is 0. The number of aryl methyl sites for hydroxylation is 1. The van der Waals surface area contributed by atoms with Gasteiger partial charge in [-0.25, -0.2) is 5.43 Å². The molecule has 0 aliphatic rings. The molecule has 0 aromatic heterocycles. The van der Waals surface area contributed by atoms with E-state index in [4.69, 9.17) is 4.74 Å². The Morgan fingerprint density at radius 2 is 1.89 bits per heavy atom. The van der Waals surface area contributed by atoms with Crippen molar-refractivity contribution in [3.8, 4) is 17.2 Å². The molecule has 0 bridgehead atoms. The molecule has 0 aliphatic heterocycles. The summed E-state index contributed by atoms with van der Waals surface area (Å²) in [6.45, 7) is 2.50. The Morgan fingerprint density at radius 1 is 1.07 bits per heavy atom. The van der Waals surface area contributed by atoms with Gasteiger partial charge in [0, 0.05) is 0 Å². The van der Waals surface area contributed by atoms with Gasteiger partial charge < -0.3 is 14.9 Å². The van der Waals surface area contributed by atoms with Gasteiger partial charge in [0.2, 0.25) is 0 Å². The van der Waals surface area contributed by atoms with E-state index in [1.807, 2.05) is 49.4 Å². The van der Waals surface area contributed by atoms with E-state index in [-0.39, 0.29) is 17.1 Å². The highest BCUT2D eigenvalue weighted by Gasteiger charge is 2.11. The van der Waals surface area contributed by atoms with E-state index >= 15 is 0 Å². The second kappa shape index (κ2) is 8.73. The topological polar surface area (TPSA) is 91.2 Å². The molecule has 3 rings (SSSR count). The van der Waals surface area contributed by atoms with Gasteiger partial charge in [0.1, 0.15) is 23.9 Å². The van der Waals surface area contributed by atoms with Gasteiger partial charge in [-0.1, -0.05) is 36.4 Å². The highest BCUT2D eigenvalue weighted by atomic mass is 16.5. The molecule has 0 spiro atoms. The van der Waals surface area contributed by atoms with E-state index < -0.39 is 5.91 Å². The SMILES string of the molecule is Cc1ccccc1COc1cccc(C=NNC(=O)c2cc(O)ccc2O)c1. The van der Waals surface area contributed by atoms with Crippen LogP contribution in [-0.4, -0.2) is 22.3 Å². The third-order valence-corrected chi connectivity index (χ3v) is 4.12. The summed E-state index contributed by atoms with van der Waals surface area (Å²) in [4.78, 5) is 12.0. The average Bonchev–Trinajstić information content (AvgIpc) is 2.69. The van der Waals surface area contributed by atoms with Crippen molar-refractivity contribution < 1.29 is 19.7 Å². The molecule has 0 fully saturated rings. The summed E-state index contributed by atoms with van der Waals surface area (Å²) in [5.41, 5.74) is 5.27. The molecule has 142 valence electrons. The number of nitrogens with one attached hydrogen (secondary N) is 1. The molecule has 0 heterocycles. The number of benzene rings is 3. The van der Waals surface area contributed by atoms with Crippen LogP contribution in [0.2, 0.25) is 0 Å². The van der Waals surface area contributed by atoms with Crippen molar-refractivity contribution >= 4 is 12.1 Å². The molecule has 28 heavy (non-hydrogen) atoms. The fourth-order valence-electron chi connectivity index (χ4n) is 2.55. The Hall–Kier alpha value is -3.80. The molecule has 6 heteroatoms. The molecule has 3 aromatic carbocycles. The zero-order valence-electron chi connectivity index (χ0n) is 15.3. The largest absolute Gasteiger partial charge is 0.508 e. The zero-order valence-corrected chi connectivity index (χ0v) is 15.3. The van der Waals surface area contributed by atoms with Crippen molar-refractivity contribution in [1.82, 2.24) is 5.43 Å². The van der Waals surface area contributed by atoms with Crippen LogP contribution in [0.3, 0.4) is 0 Å². The van der Waals surface area contributed by atoms with Gasteiger partial charge in [-0.05, 0) is 53.9 Å². The Kier molecular flexibility index (Phi) is 5.91.